The number of hydrogen-bond acceptors (Lipinski definition) is 4. The first-order valence-corrected chi connectivity index (χ1v) is 12.7. The van der Waals surface area contributed by atoms with E-state index in [2.05, 4.69) is 11.9 Å². The van der Waals surface area contributed by atoms with E-state index >= 15 is 0 Å². The molecule has 7 heteroatoms. The third-order valence-corrected chi connectivity index (χ3v) is 7.35. The average molecular weight is 496 g/mol. The van der Waals surface area contributed by atoms with Crippen LogP contribution in [0.25, 0.3) is 6.08 Å². The Morgan fingerprint density at radius 3 is 2.23 bits per heavy atom. The lowest BCUT2D eigenvalue weighted by molar-refractivity contribution is -0.138. The number of halogens is 1. The highest BCUT2D eigenvalue weighted by molar-refractivity contribution is 6.30. The summed E-state index contributed by atoms with van der Waals surface area (Å²) in [5.41, 5.74) is 0.696. The summed E-state index contributed by atoms with van der Waals surface area (Å²) in [6, 6.07) is 17.1. The van der Waals surface area contributed by atoms with Gasteiger partial charge in [-0.1, -0.05) is 41.9 Å². The first kappa shape index (κ1) is 25.3. The molecular weight excluding hydrogens is 462 g/mol. The topological polar surface area (TPSA) is 53.1 Å². The van der Waals surface area contributed by atoms with E-state index < -0.39 is 0 Å². The number of piperazine rings is 1. The van der Waals surface area contributed by atoms with E-state index in [0.717, 1.165) is 50.3 Å². The SMILES string of the molecule is CN1CCN(C(=O)CC2(COc3ccc(Cl)cc3)CCN(C(=O)/C=C/c3ccccc3)CC2)CC1. The standard InChI is InChI=1S/C28H34ClN3O3/c1-30-17-19-32(20-18-30)27(34)21-28(22-35-25-10-8-24(29)9-11-25)13-15-31(16-14-28)26(33)12-7-23-5-3-2-4-6-23/h2-12H,13-22H2,1H3/b12-7+. The first-order valence-electron chi connectivity index (χ1n) is 12.3. The molecule has 0 spiro atoms. The second-order valence-corrected chi connectivity index (χ2v) is 10.1. The Hall–Kier alpha value is -2.83. The summed E-state index contributed by atoms with van der Waals surface area (Å²) in [5.74, 6) is 0.929. The number of carbonyl (C=O) groups is 2. The summed E-state index contributed by atoms with van der Waals surface area (Å²) in [6.45, 7) is 4.98. The smallest absolute Gasteiger partial charge is 0.246 e. The van der Waals surface area contributed by atoms with E-state index in [1.165, 1.54) is 0 Å². The molecule has 0 radical (unpaired) electrons. The molecule has 0 aromatic heterocycles. The van der Waals surface area contributed by atoms with Crippen molar-refractivity contribution in [2.45, 2.75) is 19.3 Å². The van der Waals surface area contributed by atoms with E-state index in [-0.39, 0.29) is 17.2 Å². The number of carbonyl (C=O) groups excluding carboxylic acids is 2. The minimum atomic E-state index is -0.306. The third-order valence-electron chi connectivity index (χ3n) is 7.09. The van der Waals surface area contributed by atoms with Crippen molar-refractivity contribution in [1.82, 2.24) is 14.7 Å². The van der Waals surface area contributed by atoms with Gasteiger partial charge in [-0.15, -0.1) is 0 Å². The molecule has 4 rings (SSSR count). The molecule has 186 valence electrons. The van der Waals surface area contributed by atoms with Crippen LogP contribution in [-0.4, -0.2) is 79.4 Å². The van der Waals surface area contributed by atoms with E-state index in [1.807, 2.05) is 58.3 Å². The van der Waals surface area contributed by atoms with Crippen LogP contribution in [-0.2, 0) is 9.59 Å². The first-order chi connectivity index (χ1) is 16.9. The summed E-state index contributed by atoms with van der Waals surface area (Å²) in [7, 11) is 2.09. The number of likely N-dealkylation sites (tertiary alicyclic amines) is 1. The molecule has 35 heavy (non-hydrogen) atoms. The summed E-state index contributed by atoms with van der Waals surface area (Å²) < 4.78 is 6.16. The van der Waals surface area contributed by atoms with Crippen molar-refractivity contribution in [3.63, 3.8) is 0 Å². The van der Waals surface area contributed by atoms with E-state index in [4.69, 9.17) is 16.3 Å². The summed E-state index contributed by atoms with van der Waals surface area (Å²) in [5, 5.41) is 0.660. The molecule has 0 unspecified atom stereocenters. The van der Waals surface area contributed by atoms with Crippen molar-refractivity contribution in [3.8, 4) is 5.75 Å². The summed E-state index contributed by atoms with van der Waals surface area (Å²) >= 11 is 6.01. The van der Waals surface area contributed by atoms with Gasteiger partial charge < -0.3 is 19.4 Å². The van der Waals surface area contributed by atoms with Crippen LogP contribution in [0.1, 0.15) is 24.8 Å². The molecule has 2 amide bonds. The van der Waals surface area contributed by atoms with Crippen molar-refractivity contribution in [2.24, 2.45) is 5.41 Å². The van der Waals surface area contributed by atoms with Gasteiger partial charge in [0.1, 0.15) is 5.75 Å². The molecule has 0 atom stereocenters. The molecule has 2 fully saturated rings. The maximum atomic E-state index is 13.3. The van der Waals surface area contributed by atoms with Gasteiger partial charge in [-0.25, -0.2) is 0 Å². The fourth-order valence-electron chi connectivity index (χ4n) is 4.67. The molecule has 0 N–H and O–H groups in total. The third kappa shape index (κ3) is 7.09. The lowest BCUT2D eigenvalue weighted by Crippen LogP contribution is -2.51. The number of rotatable bonds is 7. The van der Waals surface area contributed by atoms with Gasteiger partial charge in [-0.05, 0) is 55.8 Å². The molecule has 6 nitrogen and oxygen atoms in total. The van der Waals surface area contributed by atoms with Crippen LogP contribution in [0.2, 0.25) is 5.02 Å². The molecule has 2 aliphatic rings. The Labute approximate surface area is 213 Å². The number of benzene rings is 2. The quantitative estimate of drug-likeness (QED) is 0.540. The molecule has 2 saturated heterocycles. The fourth-order valence-corrected chi connectivity index (χ4v) is 4.79. The van der Waals surface area contributed by atoms with Crippen molar-refractivity contribution in [2.75, 3.05) is 52.9 Å². The second kappa shape index (κ2) is 11.7. The normalized spacial score (nSPS) is 18.6. The van der Waals surface area contributed by atoms with Crippen LogP contribution >= 0.6 is 11.6 Å². The predicted octanol–water partition coefficient (Wildman–Crippen LogP) is 4.21. The van der Waals surface area contributed by atoms with Gasteiger partial charge in [0.05, 0.1) is 6.61 Å². The highest BCUT2D eigenvalue weighted by Gasteiger charge is 2.39. The number of nitrogens with zero attached hydrogens (tertiary/aromatic N) is 3. The zero-order valence-corrected chi connectivity index (χ0v) is 21.1. The number of ether oxygens (including phenoxy) is 1. The second-order valence-electron chi connectivity index (χ2n) is 9.67. The molecule has 2 aromatic rings. The maximum absolute atomic E-state index is 13.3. The van der Waals surface area contributed by atoms with Crippen LogP contribution in [0.5, 0.6) is 5.75 Å². The molecule has 2 aliphatic heterocycles. The minimum absolute atomic E-state index is 0.00599. The van der Waals surface area contributed by atoms with Crippen LogP contribution < -0.4 is 4.74 Å². The lowest BCUT2D eigenvalue weighted by Gasteiger charge is -2.42. The Balaban J connectivity index is 1.40. The fraction of sp³-hybridized carbons (Fsp3) is 0.429. The van der Waals surface area contributed by atoms with Crippen LogP contribution in [0.4, 0.5) is 0 Å². The van der Waals surface area contributed by atoms with Gasteiger partial charge in [-0.3, -0.25) is 9.59 Å². The van der Waals surface area contributed by atoms with Crippen LogP contribution in [0.3, 0.4) is 0 Å². The predicted molar refractivity (Wildman–Crippen MR) is 139 cm³/mol. The Bertz CT molecular complexity index is 1010. The monoisotopic (exact) mass is 495 g/mol. The zero-order chi connectivity index (χ0) is 24.7. The van der Waals surface area contributed by atoms with Gasteiger partial charge in [0.15, 0.2) is 0 Å². The average Bonchev–Trinajstić information content (AvgIpc) is 2.88. The van der Waals surface area contributed by atoms with Gasteiger partial charge in [0.2, 0.25) is 11.8 Å². The van der Waals surface area contributed by atoms with Crippen molar-refractivity contribution in [1.29, 1.82) is 0 Å². The van der Waals surface area contributed by atoms with Gasteiger partial charge >= 0.3 is 0 Å². The number of piperidine rings is 1. The highest BCUT2D eigenvalue weighted by atomic mass is 35.5. The molecule has 0 saturated carbocycles. The number of hydrogen-bond donors (Lipinski definition) is 0. The number of amides is 2. The summed E-state index contributed by atoms with van der Waals surface area (Å²) in [6.07, 6.45) is 5.38. The van der Waals surface area contributed by atoms with Crippen LogP contribution in [0, 0.1) is 5.41 Å². The number of likely N-dealkylation sites (N-methyl/N-ethyl adjacent to an activating group) is 1. The molecule has 0 aliphatic carbocycles. The van der Waals surface area contributed by atoms with Gasteiger partial charge in [0, 0.05) is 62.2 Å². The van der Waals surface area contributed by atoms with Gasteiger partial charge in [0.25, 0.3) is 0 Å². The van der Waals surface area contributed by atoms with E-state index in [1.54, 1.807) is 18.2 Å². The van der Waals surface area contributed by atoms with Crippen molar-refractivity contribution < 1.29 is 14.3 Å². The van der Waals surface area contributed by atoms with Crippen molar-refractivity contribution >= 4 is 29.5 Å². The molecular formula is C28H34ClN3O3. The molecule has 2 heterocycles. The highest BCUT2D eigenvalue weighted by Crippen LogP contribution is 2.37. The summed E-state index contributed by atoms with van der Waals surface area (Å²) in [4.78, 5) is 32.2. The van der Waals surface area contributed by atoms with E-state index in [9.17, 15) is 9.59 Å². The molecule has 0 bridgehead atoms. The zero-order valence-electron chi connectivity index (χ0n) is 20.4. The maximum Gasteiger partial charge on any atom is 0.246 e. The Morgan fingerprint density at radius 1 is 0.914 bits per heavy atom. The largest absolute Gasteiger partial charge is 0.493 e. The minimum Gasteiger partial charge on any atom is -0.493 e. The Morgan fingerprint density at radius 2 is 1.57 bits per heavy atom. The molecule has 2 aromatic carbocycles. The lowest BCUT2D eigenvalue weighted by atomic mass is 9.75. The Kier molecular flexibility index (Phi) is 8.47. The van der Waals surface area contributed by atoms with Gasteiger partial charge in [-0.2, -0.15) is 0 Å². The van der Waals surface area contributed by atoms with Crippen LogP contribution in [0.15, 0.2) is 60.7 Å². The van der Waals surface area contributed by atoms with Crippen molar-refractivity contribution in [3.05, 3.63) is 71.3 Å². The van der Waals surface area contributed by atoms with E-state index in [0.29, 0.717) is 31.1 Å².